The molecule has 3 fully saturated rings. The molecule has 0 aromatic carbocycles. The summed E-state index contributed by atoms with van der Waals surface area (Å²) in [7, 11) is 0. The fourth-order valence-corrected chi connectivity index (χ4v) is 5.80. The Kier molecular flexibility index (Phi) is 11.3. The average Bonchev–Trinajstić information content (AvgIpc) is 2.91. The van der Waals surface area contributed by atoms with Crippen LogP contribution >= 0.6 is 0 Å². The zero-order valence-corrected chi connectivity index (χ0v) is 22.6. The van der Waals surface area contributed by atoms with Gasteiger partial charge >= 0.3 is 0 Å². The van der Waals surface area contributed by atoms with Crippen molar-refractivity contribution in [2.75, 3.05) is 94.6 Å². The number of ether oxygens (including phenoxy) is 1. The standard InChI is InChI=1S/C27H50N8O/c1-2-36-20-19-34-15-17-35(18-16-34)26-21-25(28)31-27(32-26)30-22-23-9-13-33(14-10-23)12-6-11-29-24-7-4-3-5-8-24/h21,23-24,29H,2-20,22H2,1H3,(H3,28,30,31,32). The quantitative estimate of drug-likeness (QED) is 0.352. The van der Waals surface area contributed by atoms with E-state index < -0.39 is 0 Å². The number of piperazine rings is 1. The number of anilines is 3. The van der Waals surface area contributed by atoms with E-state index in [1.54, 1.807) is 0 Å². The van der Waals surface area contributed by atoms with Gasteiger partial charge in [0.15, 0.2) is 0 Å². The minimum Gasteiger partial charge on any atom is -0.383 e. The van der Waals surface area contributed by atoms with Crippen LogP contribution in [0.4, 0.5) is 17.6 Å². The lowest BCUT2D eigenvalue weighted by molar-refractivity contribution is 0.111. The zero-order valence-electron chi connectivity index (χ0n) is 22.6. The highest BCUT2D eigenvalue weighted by atomic mass is 16.5. The number of aromatic nitrogens is 2. The molecule has 0 radical (unpaired) electrons. The Morgan fingerprint density at radius 1 is 0.944 bits per heavy atom. The van der Waals surface area contributed by atoms with Gasteiger partial charge in [0.2, 0.25) is 5.95 Å². The lowest BCUT2D eigenvalue weighted by atomic mass is 9.95. The first kappa shape index (κ1) is 27.4. The number of likely N-dealkylation sites (tertiary alicyclic amines) is 1. The van der Waals surface area contributed by atoms with Crippen molar-refractivity contribution in [3.05, 3.63) is 6.07 Å². The lowest BCUT2D eigenvalue weighted by Gasteiger charge is -2.35. The second-order valence-electron chi connectivity index (χ2n) is 10.8. The van der Waals surface area contributed by atoms with Crippen molar-refractivity contribution < 1.29 is 4.74 Å². The third-order valence-electron chi connectivity index (χ3n) is 8.13. The predicted molar refractivity (Wildman–Crippen MR) is 149 cm³/mol. The molecule has 36 heavy (non-hydrogen) atoms. The smallest absolute Gasteiger partial charge is 0.226 e. The molecule has 0 unspecified atom stereocenters. The van der Waals surface area contributed by atoms with Crippen molar-refractivity contribution >= 4 is 17.6 Å². The van der Waals surface area contributed by atoms with Gasteiger partial charge in [-0.15, -0.1) is 0 Å². The molecular weight excluding hydrogens is 452 g/mol. The largest absolute Gasteiger partial charge is 0.383 e. The van der Waals surface area contributed by atoms with E-state index in [-0.39, 0.29) is 0 Å². The topological polar surface area (TPSA) is 94.8 Å². The van der Waals surface area contributed by atoms with Crippen LogP contribution in [0.1, 0.15) is 58.3 Å². The average molecular weight is 503 g/mol. The van der Waals surface area contributed by atoms with Gasteiger partial charge in [-0.25, -0.2) is 0 Å². The molecule has 0 bridgehead atoms. The van der Waals surface area contributed by atoms with Gasteiger partial charge in [-0.05, 0) is 71.1 Å². The molecule has 3 aliphatic rings. The van der Waals surface area contributed by atoms with Gasteiger partial charge in [-0.1, -0.05) is 19.3 Å². The molecule has 9 nitrogen and oxygen atoms in total. The van der Waals surface area contributed by atoms with Gasteiger partial charge in [0.1, 0.15) is 11.6 Å². The molecule has 204 valence electrons. The molecule has 1 aromatic rings. The first-order chi connectivity index (χ1) is 17.7. The number of hydrogen-bond donors (Lipinski definition) is 3. The number of hydrogen-bond acceptors (Lipinski definition) is 9. The summed E-state index contributed by atoms with van der Waals surface area (Å²) < 4.78 is 5.50. The van der Waals surface area contributed by atoms with Crippen LogP contribution in [0.3, 0.4) is 0 Å². The minimum absolute atomic E-state index is 0.540. The Balaban J connectivity index is 1.12. The summed E-state index contributed by atoms with van der Waals surface area (Å²) in [6.45, 7) is 14.3. The molecule has 0 spiro atoms. The molecule has 1 aromatic heterocycles. The van der Waals surface area contributed by atoms with Crippen molar-refractivity contribution in [3.63, 3.8) is 0 Å². The Hall–Kier alpha value is -1.68. The van der Waals surface area contributed by atoms with Crippen molar-refractivity contribution in [1.82, 2.24) is 25.1 Å². The van der Waals surface area contributed by atoms with Crippen LogP contribution in [-0.2, 0) is 4.74 Å². The predicted octanol–water partition coefficient (Wildman–Crippen LogP) is 2.65. The third kappa shape index (κ3) is 9.01. The monoisotopic (exact) mass is 502 g/mol. The van der Waals surface area contributed by atoms with Gasteiger partial charge in [0, 0.05) is 58.0 Å². The Labute approximate surface area is 218 Å². The van der Waals surface area contributed by atoms with E-state index in [1.165, 1.54) is 77.5 Å². The van der Waals surface area contributed by atoms with Crippen LogP contribution in [0.2, 0.25) is 0 Å². The minimum atomic E-state index is 0.540. The number of nitrogens with one attached hydrogen (secondary N) is 2. The first-order valence-corrected chi connectivity index (χ1v) is 14.6. The summed E-state index contributed by atoms with van der Waals surface area (Å²) in [5.41, 5.74) is 6.15. The van der Waals surface area contributed by atoms with Crippen molar-refractivity contribution in [2.45, 2.75) is 64.3 Å². The number of piperidine rings is 1. The van der Waals surface area contributed by atoms with E-state index in [0.29, 0.717) is 17.7 Å². The maximum atomic E-state index is 6.15. The van der Waals surface area contributed by atoms with Crippen LogP contribution < -0.4 is 21.3 Å². The molecule has 2 saturated heterocycles. The van der Waals surface area contributed by atoms with E-state index in [1.807, 2.05) is 13.0 Å². The van der Waals surface area contributed by atoms with Crippen LogP contribution in [0, 0.1) is 5.92 Å². The van der Waals surface area contributed by atoms with Crippen LogP contribution in [0.25, 0.3) is 0 Å². The molecule has 0 atom stereocenters. The summed E-state index contributed by atoms with van der Waals surface area (Å²) in [6.07, 6.45) is 10.7. The molecule has 4 N–H and O–H groups in total. The molecule has 9 heteroatoms. The molecule has 0 amide bonds. The molecule has 2 aliphatic heterocycles. The second kappa shape index (κ2) is 14.9. The summed E-state index contributed by atoms with van der Waals surface area (Å²) >= 11 is 0. The highest BCUT2D eigenvalue weighted by Crippen LogP contribution is 2.21. The number of nitrogen functional groups attached to an aromatic ring is 1. The van der Waals surface area contributed by atoms with Gasteiger partial charge in [0.05, 0.1) is 6.61 Å². The van der Waals surface area contributed by atoms with E-state index >= 15 is 0 Å². The Morgan fingerprint density at radius 3 is 2.44 bits per heavy atom. The van der Waals surface area contributed by atoms with E-state index in [4.69, 9.17) is 15.5 Å². The second-order valence-corrected chi connectivity index (χ2v) is 10.8. The normalized spacial score (nSPS) is 21.2. The maximum absolute atomic E-state index is 6.15. The highest BCUT2D eigenvalue weighted by Gasteiger charge is 2.21. The van der Waals surface area contributed by atoms with Crippen LogP contribution in [0.5, 0.6) is 0 Å². The fraction of sp³-hybridized carbons (Fsp3) is 0.852. The van der Waals surface area contributed by atoms with Gasteiger partial charge in [-0.2, -0.15) is 9.97 Å². The van der Waals surface area contributed by atoms with Gasteiger partial charge in [-0.3, -0.25) is 4.90 Å². The highest BCUT2D eigenvalue weighted by molar-refractivity contribution is 5.51. The van der Waals surface area contributed by atoms with Crippen molar-refractivity contribution in [3.8, 4) is 0 Å². The number of rotatable bonds is 13. The summed E-state index contributed by atoms with van der Waals surface area (Å²) in [6, 6.07) is 2.68. The lowest BCUT2D eigenvalue weighted by Crippen LogP contribution is -2.47. The Morgan fingerprint density at radius 2 is 1.69 bits per heavy atom. The molecular formula is C27H50N8O. The number of nitrogens with two attached hydrogens (primary N) is 1. The first-order valence-electron chi connectivity index (χ1n) is 14.6. The molecule has 4 rings (SSSR count). The summed E-state index contributed by atoms with van der Waals surface area (Å²) in [5.74, 6) is 2.81. The zero-order chi connectivity index (χ0) is 25.0. The van der Waals surface area contributed by atoms with Crippen LogP contribution in [0.15, 0.2) is 6.07 Å². The van der Waals surface area contributed by atoms with Gasteiger partial charge < -0.3 is 30.9 Å². The van der Waals surface area contributed by atoms with E-state index in [0.717, 1.165) is 64.3 Å². The molecule has 1 aliphatic carbocycles. The maximum Gasteiger partial charge on any atom is 0.226 e. The third-order valence-corrected chi connectivity index (χ3v) is 8.13. The molecule has 1 saturated carbocycles. The van der Waals surface area contributed by atoms with E-state index in [9.17, 15) is 0 Å². The summed E-state index contributed by atoms with van der Waals surface area (Å²) in [5, 5.41) is 7.28. The van der Waals surface area contributed by atoms with Crippen LogP contribution in [-0.4, -0.2) is 104 Å². The van der Waals surface area contributed by atoms with E-state index in [2.05, 4.69) is 30.3 Å². The Bertz CT molecular complexity index is 743. The SMILES string of the molecule is CCOCCN1CCN(c2cc(N)nc(NCC3CCN(CCCNC4CCCCC4)CC3)n2)CC1. The fourth-order valence-electron chi connectivity index (χ4n) is 5.80. The molecule has 3 heterocycles. The van der Waals surface area contributed by atoms with Gasteiger partial charge in [0.25, 0.3) is 0 Å². The summed E-state index contributed by atoms with van der Waals surface area (Å²) in [4.78, 5) is 16.7. The van der Waals surface area contributed by atoms with Crippen molar-refractivity contribution in [1.29, 1.82) is 0 Å². The number of nitrogens with zero attached hydrogens (tertiary/aromatic N) is 5. The van der Waals surface area contributed by atoms with Crippen molar-refractivity contribution in [2.24, 2.45) is 5.92 Å².